The Kier molecular flexibility index (Phi) is 7.63. The number of rotatable bonds is 9. The van der Waals surface area contributed by atoms with Gasteiger partial charge in [0, 0.05) is 37.1 Å². The average Bonchev–Trinajstić information content (AvgIpc) is 3.31. The normalized spacial score (nSPS) is 16.6. The Hall–Kier alpha value is -2.78. The third kappa shape index (κ3) is 4.83. The molecule has 3 rings (SSSR count). The molecule has 1 aliphatic heterocycles. The lowest BCUT2D eigenvalue weighted by molar-refractivity contribution is -0.119. The molecule has 1 saturated heterocycles. The van der Waals surface area contributed by atoms with Crippen molar-refractivity contribution in [1.29, 1.82) is 0 Å². The molecule has 1 amide bonds. The number of carbonyl (C=O) groups is 1. The number of methoxy groups -OCH3 is 2. The fraction of sp³-hybridized carbons (Fsp3) is 0.435. The zero-order valence-corrected chi connectivity index (χ0v) is 19.8. The predicted molar refractivity (Wildman–Crippen MR) is 125 cm³/mol. The Bertz CT molecular complexity index is 1040. The molecular formula is C23H31N3O5S. The molecule has 8 nitrogen and oxygen atoms in total. The van der Waals surface area contributed by atoms with Gasteiger partial charge in [0.1, 0.15) is 6.04 Å². The fourth-order valence-corrected chi connectivity index (χ4v) is 5.64. The van der Waals surface area contributed by atoms with Gasteiger partial charge in [0.05, 0.1) is 19.1 Å². The molecule has 0 aromatic heterocycles. The molecule has 2 aromatic rings. The predicted octanol–water partition coefficient (Wildman–Crippen LogP) is 3.34. The third-order valence-electron chi connectivity index (χ3n) is 5.73. The molecule has 1 atom stereocenters. The van der Waals surface area contributed by atoms with Crippen LogP contribution in [0.3, 0.4) is 0 Å². The molecule has 32 heavy (non-hydrogen) atoms. The quantitative estimate of drug-likeness (QED) is 0.616. The highest BCUT2D eigenvalue weighted by molar-refractivity contribution is 7.89. The summed E-state index contributed by atoms with van der Waals surface area (Å²) in [6.07, 6.45) is 1.08. The Morgan fingerprint density at radius 3 is 2.31 bits per heavy atom. The summed E-state index contributed by atoms with van der Waals surface area (Å²) in [7, 11) is -0.939. The van der Waals surface area contributed by atoms with E-state index in [1.54, 1.807) is 6.07 Å². The Morgan fingerprint density at radius 2 is 1.72 bits per heavy atom. The molecule has 0 radical (unpaired) electrons. The lowest BCUT2D eigenvalue weighted by Crippen LogP contribution is -2.43. The van der Waals surface area contributed by atoms with Gasteiger partial charge in [-0.15, -0.1) is 0 Å². The van der Waals surface area contributed by atoms with E-state index in [4.69, 9.17) is 9.47 Å². The van der Waals surface area contributed by atoms with Gasteiger partial charge in [0.15, 0.2) is 11.5 Å². The van der Waals surface area contributed by atoms with Crippen LogP contribution in [0.4, 0.5) is 11.4 Å². The number of carbonyl (C=O) groups excluding carboxylic acids is 1. The smallest absolute Gasteiger partial charge is 0.243 e. The Morgan fingerprint density at radius 1 is 1.06 bits per heavy atom. The SMILES string of the molecule is CCN(CC)c1ccc(NC(=O)C2CCCN2S(=O)(=O)c2ccc(OC)c(OC)c2)cc1. The summed E-state index contributed by atoms with van der Waals surface area (Å²) in [5.41, 5.74) is 1.72. The first kappa shape index (κ1) is 23.9. The summed E-state index contributed by atoms with van der Waals surface area (Å²) in [5.74, 6) is 0.430. The molecule has 1 fully saturated rings. The largest absolute Gasteiger partial charge is 0.493 e. The first-order valence-electron chi connectivity index (χ1n) is 10.7. The van der Waals surface area contributed by atoms with Crippen LogP contribution in [0.1, 0.15) is 26.7 Å². The van der Waals surface area contributed by atoms with Crippen LogP contribution in [0.25, 0.3) is 0 Å². The lowest BCUT2D eigenvalue weighted by Gasteiger charge is -2.24. The molecule has 0 saturated carbocycles. The van der Waals surface area contributed by atoms with E-state index in [-0.39, 0.29) is 17.3 Å². The van der Waals surface area contributed by atoms with Gasteiger partial charge < -0.3 is 19.7 Å². The van der Waals surface area contributed by atoms with Gasteiger partial charge in [0.2, 0.25) is 15.9 Å². The van der Waals surface area contributed by atoms with Crippen molar-refractivity contribution in [1.82, 2.24) is 4.31 Å². The zero-order valence-electron chi connectivity index (χ0n) is 19.0. The Labute approximate surface area is 190 Å². The van der Waals surface area contributed by atoms with E-state index in [9.17, 15) is 13.2 Å². The molecule has 0 spiro atoms. The van der Waals surface area contributed by atoms with Crippen LogP contribution in [-0.2, 0) is 14.8 Å². The van der Waals surface area contributed by atoms with Crippen molar-refractivity contribution in [2.24, 2.45) is 0 Å². The monoisotopic (exact) mass is 461 g/mol. The van der Waals surface area contributed by atoms with Crippen molar-refractivity contribution < 1.29 is 22.7 Å². The van der Waals surface area contributed by atoms with Gasteiger partial charge in [-0.25, -0.2) is 8.42 Å². The highest BCUT2D eigenvalue weighted by Gasteiger charge is 2.39. The summed E-state index contributed by atoms with van der Waals surface area (Å²) >= 11 is 0. The maximum absolute atomic E-state index is 13.3. The molecule has 1 unspecified atom stereocenters. The molecule has 9 heteroatoms. The highest BCUT2D eigenvalue weighted by atomic mass is 32.2. The number of amides is 1. The van der Waals surface area contributed by atoms with Crippen LogP contribution < -0.4 is 19.7 Å². The second-order valence-corrected chi connectivity index (χ2v) is 9.39. The van der Waals surface area contributed by atoms with Crippen LogP contribution in [0.15, 0.2) is 47.4 Å². The molecule has 174 valence electrons. The first-order chi connectivity index (χ1) is 15.3. The third-order valence-corrected chi connectivity index (χ3v) is 7.64. The van der Waals surface area contributed by atoms with Crippen LogP contribution in [-0.4, -0.2) is 58.5 Å². The number of nitrogens with zero attached hydrogens (tertiary/aromatic N) is 2. The van der Waals surface area contributed by atoms with Crippen molar-refractivity contribution in [3.63, 3.8) is 0 Å². The minimum atomic E-state index is -3.88. The highest BCUT2D eigenvalue weighted by Crippen LogP contribution is 2.33. The minimum Gasteiger partial charge on any atom is -0.493 e. The summed E-state index contributed by atoms with van der Waals surface area (Å²) in [4.78, 5) is 15.3. The summed E-state index contributed by atoms with van der Waals surface area (Å²) in [5, 5.41) is 2.87. The number of hydrogen-bond acceptors (Lipinski definition) is 6. The van der Waals surface area contributed by atoms with Crippen LogP contribution in [0.5, 0.6) is 11.5 Å². The van der Waals surface area contributed by atoms with Gasteiger partial charge in [-0.3, -0.25) is 4.79 Å². The zero-order chi connectivity index (χ0) is 23.3. The number of anilines is 2. The second-order valence-electron chi connectivity index (χ2n) is 7.50. The van der Waals surface area contributed by atoms with Crippen LogP contribution in [0.2, 0.25) is 0 Å². The molecule has 1 heterocycles. The summed E-state index contributed by atoms with van der Waals surface area (Å²) in [6.45, 7) is 6.26. The van der Waals surface area contributed by atoms with Gasteiger partial charge in [-0.05, 0) is 63.1 Å². The van der Waals surface area contributed by atoms with Crippen molar-refractivity contribution >= 4 is 27.3 Å². The van der Waals surface area contributed by atoms with Gasteiger partial charge in [-0.1, -0.05) is 0 Å². The number of sulfonamides is 1. The second kappa shape index (κ2) is 10.2. The van der Waals surface area contributed by atoms with Gasteiger partial charge >= 0.3 is 0 Å². The standard InChI is InChI=1S/C23H31N3O5S/c1-5-25(6-2)18-11-9-17(10-12-18)24-23(27)20-8-7-15-26(20)32(28,29)19-13-14-21(30-3)22(16-19)31-4/h9-14,16,20H,5-8,15H2,1-4H3,(H,24,27). The van der Waals surface area contributed by atoms with Crippen LogP contribution >= 0.6 is 0 Å². The van der Waals surface area contributed by atoms with Crippen molar-refractivity contribution in [3.05, 3.63) is 42.5 Å². The van der Waals surface area contributed by atoms with Crippen molar-refractivity contribution in [2.45, 2.75) is 37.6 Å². The van der Waals surface area contributed by atoms with E-state index in [0.717, 1.165) is 18.8 Å². The molecule has 0 aliphatic carbocycles. The van der Waals surface area contributed by atoms with E-state index in [1.807, 2.05) is 24.3 Å². The molecule has 2 aromatic carbocycles. The molecule has 0 bridgehead atoms. The van der Waals surface area contributed by atoms with Gasteiger partial charge in [-0.2, -0.15) is 4.31 Å². The number of nitrogens with one attached hydrogen (secondary N) is 1. The van der Waals surface area contributed by atoms with E-state index in [1.165, 1.54) is 30.7 Å². The number of ether oxygens (including phenoxy) is 2. The summed E-state index contributed by atoms with van der Waals surface area (Å²) in [6, 6.07) is 11.3. The van der Waals surface area contributed by atoms with E-state index < -0.39 is 16.1 Å². The number of benzene rings is 2. The minimum absolute atomic E-state index is 0.0680. The summed E-state index contributed by atoms with van der Waals surface area (Å²) < 4.78 is 38.3. The molecule has 1 N–H and O–H groups in total. The first-order valence-corrected chi connectivity index (χ1v) is 12.2. The van der Waals surface area contributed by atoms with Crippen molar-refractivity contribution in [3.8, 4) is 11.5 Å². The topological polar surface area (TPSA) is 88.2 Å². The van der Waals surface area contributed by atoms with Gasteiger partial charge in [0.25, 0.3) is 0 Å². The lowest BCUT2D eigenvalue weighted by atomic mass is 10.2. The maximum Gasteiger partial charge on any atom is 0.243 e. The molecular weight excluding hydrogens is 430 g/mol. The average molecular weight is 462 g/mol. The number of hydrogen-bond donors (Lipinski definition) is 1. The maximum atomic E-state index is 13.3. The van der Waals surface area contributed by atoms with E-state index in [0.29, 0.717) is 30.0 Å². The van der Waals surface area contributed by atoms with Crippen LogP contribution in [0, 0.1) is 0 Å². The van der Waals surface area contributed by atoms with Crippen molar-refractivity contribution in [2.75, 3.05) is 44.1 Å². The molecule has 1 aliphatic rings. The fourth-order valence-electron chi connectivity index (χ4n) is 3.97. The Balaban J connectivity index is 1.78. The van der Waals surface area contributed by atoms with E-state index in [2.05, 4.69) is 24.1 Å². The van der Waals surface area contributed by atoms with E-state index >= 15 is 0 Å².